The normalized spacial score (nSPS) is 16.0. The molecule has 8 heteroatoms. The van der Waals surface area contributed by atoms with Crippen LogP contribution in [0.1, 0.15) is 66.2 Å². The predicted octanol–water partition coefficient (Wildman–Crippen LogP) is 7.09. The minimum atomic E-state index is -1.60. The third-order valence-electron chi connectivity index (χ3n) is 7.50. The third kappa shape index (κ3) is 7.13. The topological polar surface area (TPSA) is 62.3 Å². The van der Waals surface area contributed by atoms with Crippen LogP contribution in [0.5, 0.6) is 0 Å². The van der Waals surface area contributed by atoms with Crippen LogP contribution in [0.3, 0.4) is 0 Å². The molecule has 1 N–H and O–H groups in total. The van der Waals surface area contributed by atoms with Crippen molar-refractivity contribution in [2.24, 2.45) is 0 Å². The Balaban J connectivity index is 1.44. The summed E-state index contributed by atoms with van der Waals surface area (Å²) in [5.41, 5.74) is 5.38. The van der Waals surface area contributed by atoms with Crippen molar-refractivity contribution in [3.05, 3.63) is 125 Å². The molecule has 41 heavy (non-hydrogen) atoms. The Labute approximate surface area is 242 Å². The van der Waals surface area contributed by atoms with Crippen LogP contribution in [0.25, 0.3) is 0 Å². The number of rotatable bonds is 9. The van der Waals surface area contributed by atoms with Crippen LogP contribution in [0.2, 0.25) is 0 Å². The zero-order chi connectivity index (χ0) is 28.9. The minimum Gasteiger partial charge on any atom is -0.306 e. The van der Waals surface area contributed by atoms with E-state index in [2.05, 4.69) is 9.71 Å². The van der Waals surface area contributed by atoms with Gasteiger partial charge in [-0.1, -0.05) is 37.3 Å². The Kier molecular flexibility index (Phi) is 9.00. The van der Waals surface area contributed by atoms with Gasteiger partial charge in [0.2, 0.25) is 5.91 Å². The fourth-order valence-corrected chi connectivity index (χ4v) is 6.37. The Morgan fingerprint density at radius 2 is 1.80 bits per heavy atom. The number of amides is 1. The van der Waals surface area contributed by atoms with Gasteiger partial charge in [0.05, 0.1) is 17.1 Å². The van der Waals surface area contributed by atoms with Gasteiger partial charge in [0.25, 0.3) is 0 Å². The lowest BCUT2D eigenvalue weighted by molar-refractivity contribution is -0.119. The second-order valence-corrected chi connectivity index (χ2v) is 11.8. The van der Waals surface area contributed by atoms with Gasteiger partial charge in [0.1, 0.15) is 22.6 Å². The first-order valence-electron chi connectivity index (χ1n) is 13.8. The number of anilines is 1. The molecule has 5 rings (SSSR count). The van der Waals surface area contributed by atoms with Crippen LogP contribution in [-0.4, -0.2) is 15.1 Å². The van der Waals surface area contributed by atoms with E-state index in [4.69, 9.17) is 0 Å². The van der Waals surface area contributed by atoms with Gasteiger partial charge in [-0.3, -0.25) is 9.78 Å². The number of carbonyl (C=O) groups is 1. The maximum Gasteiger partial charge on any atom is 0.227 e. The monoisotopic (exact) mass is 573 g/mol. The largest absolute Gasteiger partial charge is 0.306 e. The fourth-order valence-electron chi connectivity index (χ4n) is 5.31. The molecular formula is C33H33F2N3O2S. The summed E-state index contributed by atoms with van der Waals surface area (Å²) in [6.45, 7) is 4.17. The molecule has 5 nitrogen and oxygen atoms in total. The molecule has 0 radical (unpaired) electrons. The van der Waals surface area contributed by atoms with Crippen LogP contribution < -0.4 is 9.62 Å². The lowest BCUT2D eigenvalue weighted by atomic mass is 9.87. The average molecular weight is 574 g/mol. The number of pyridine rings is 1. The van der Waals surface area contributed by atoms with Crippen molar-refractivity contribution >= 4 is 22.6 Å². The number of aryl methyl sites for hydroxylation is 2. The molecule has 3 aromatic carbocycles. The molecule has 0 fully saturated rings. The molecule has 1 aliphatic rings. The van der Waals surface area contributed by atoms with Gasteiger partial charge in [-0.25, -0.2) is 17.7 Å². The number of hydrogen-bond acceptors (Lipinski definition) is 3. The first-order chi connectivity index (χ1) is 19.8. The SMILES string of the molecule is Cc1cccc(CN(C(=O)C[C@@H](C)c2ccc(F)cc2)c2ccc3c(c2)[C@@H](NS(=O)c2cccc(F)c2)CCC3)n1. The van der Waals surface area contributed by atoms with Crippen LogP contribution >= 0.6 is 0 Å². The van der Waals surface area contributed by atoms with E-state index in [0.717, 1.165) is 53.0 Å². The summed E-state index contributed by atoms with van der Waals surface area (Å²) < 4.78 is 43.5. The Hall–Kier alpha value is -3.75. The van der Waals surface area contributed by atoms with Crippen LogP contribution in [0.15, 0.2) is 89.8 Å². The molecule has 1 aliphatic carbocycles. The Bertz CT molecular complexity index is 1560. The molecule has 1 amide bonds. The van der Waals surface area contributed by atoms with E-state index in [1.165, 1.54) is 24.3 Å². The van der Waals surface area contributed by atoms with Gasteiger partial charge in [0.15, 0.2) is 0 Å². The third-order valence-corrected chi connectivity index (χ3v) is 8.68. The van der Waals surface area contributed by atoms with Gasteiger partial charge in [-0.2, -0.15) is 0 Å². The van der Waals surface area contributed by atoms with E-state index in [9.17, 15) is 17.8 Å². The first-order valence-corrected chi connectivity index (χ1v) is 15.0. The quantitative estimate of drug-likeness (QED) is 0.233. The van der Waals surface area contributed by atoms with Crippen LogP contribution in [0.4, 0.5) is 14.5 Å². The highest BCUT2D eigenvalue weighted by atomic mass is 32.2. The summed E-state index contributed by atoms with van der Waals surface area (Å²) in [6, 6.07) is 23.6. The number of halogens is 2. The van der Waals surface area contributed by atoms with E-state index in [-0.39, 0.29) is 30.1 Å². The first kappa shape index (κ1) is 28.8. The van der Waals surface area contributed by atoms with Crippen LogP contribution in [0, 0.1) is 18.6 Å². The molecule has 0 spiro atoms. The number of benzene rings is 3. The van der Waals surface area contributed by atoms with E-state index in [1.54, 1.807) is 29.2 Å². The number of aromatic nitrogens is 1. The van der Waals surface area contributed by atoms with Gasteiger partial charge in [0, 0.05) is 23.8 Å². The fraction of sp³-hybridized carbons (Fsp3) is 0.273. The second-order valence-electron chi connectivity index (χ2n) is 10.6. The maximum absolute atomic E-state index is 13.9. The molecule has 1 heterocycles. The summed E-state index contributed by atoms with van der Waals surface area (Å²) in [5.74, 6) is -0.932. The van der Waals surface area contributed by atoms with Gasteiger partial charge in [-0.15, -0.1) is 0 Å². The predicted molar refractivity (Wildman–Crippen MR) is 158 cm³/mol. The highest BCUT2D eigenvalue weighted by molar-refractivity contribution is 7.83. The van der Waals surface area contributed by atoms with Crippen molar-refractivity contribution < 1.29 is 17.8 Å². The van der Waals surface area contributed by atoms with Crippen molar-refractivity contribution in [2.75, 3.05) is 4.90 Å². The molecule has 0 bridgehead atoms. The summed E-state index contributed by atoms with van der Waals surface area (Å²) in [4.78, 5) is 20.6. The van der Waals surface area contributed by atoms with E-state index >= 15 is 0 Å². The van der Waals surface area contributed by atoms with Gasteiger partial charge >= 0.3 is 0 Å². The number of carbonyl (C=O) groups excluding carboxylic acids is 1. The molecule has 0 saturated carbocycles. The number of hydrogen-bond donors (Lipinski definition) is 1. The van der Waals surface area contributed by atoms with E-state index in [0.29, 0.717) is 11.4 Å². The van der Waals surface area contributed by atoms with Crippen molar-refractivity contribution in [3.8, 4) is 0 Å². The Morgan fingerprint density at radius 1 is 1.02 bits per heavy atom. The average Bonchev–Trinajstić information content (AvgIpc) is 2.96. The number of nitrogens with zero attached hydrogens (tertiary/aromatic N) is 2. The smallest absolute Gasteiger partial charge is 0.227 e. The highest BCUT2D eigenvalue weighted by Crippen LogP contribution is 2.34. The maximum atomic E-state index is 13.9. The summed E-state index contributed by atoms with van der Waals surface area (Å²) in [5, 5.41) is 0. The van der Waals surface area contributed by atoms with E-state index < -0.39 is 16.8 Å². The highest BCUT2D eigenvalue weighted by Gasteiger charge is 2.26. The summed E-state index contributed by atoms with van der Waals surface area (Å²) in [6.07, 6.45) is 2.82. The number of nitrogens with one attached hydrogen (secondary N) is 1. The second kappa shape index (κ2) is 12.8. The van der Waals surface area contributed by atoms with Crippen molar-refractivity contribution in [2.45, 2.75) is 62.9 Å². The van der Waals surface area contributed by atoms with Crippen molar-refractivity contribution in [1.82, 2.24) is 9.71 Å². The molecule has 0 aliphatic heterocycles. The van der Waals surface area contributed by atoms with E-state index in [1.807, 2.05) is 50.2 Å². The zero-order valence-corrected chi connectivity index (χ0v) is 24.0. The van der Waals surface area contributed by atoms with Gasteiger partial charge < -0.3 is 4.90 Å². The lowest BCUT2D eigenvalue weighted by Gasteiger charge is -2.30. The zero-order valence-electron chi connectivity index (χ0n) is 23.1. The molecule has 1 unspecified atom stereocenters. The summed E-state index contributed by atoms with van der Waals surface area (Å²) >= 11 is 0. The molecule has 4 aromatic rings. The minimum absolute atomic E-state index is 0.0752. The molecule has 0 saturated heterocycles. The summed E-state index contributed by atoms with van der Waals surface area (Å²) in [7, 11) is -1.60. The molecule has 1 aromatic heterocycles. The van der Waals surface area contributed by atoms with Crippen molar-refractivity contribution in [1.29, 1.82) is 0 Å². The number of fused-ring (bicyclic) bond motifs is 1. The van der Waals surface area contributed by atoms with Crippen LogP contribution in [-0.2, 0) is 28.7 Å². The molecule has 212 valence electrons. The molecular weight excluding hydrogens is 540 g/mol. The lowest BCUT2D eigenvalue weighted by Crippen LogP contribution is -2.32. The van der Waals surface area contributed by atoms with Crippen molar-refractivity contribution in [3.63, 3.8) is 0 Å². The molecule has 3 atom stereocenters. The standard InChI is InChI=1S/C33H33F2N3O2S/c1-22(24-12-15-26(34)16-13-24)18-33(39)38(21-28-9-3-6-23(2)36-28)29-17-14-25-7-4-11-32(31(25)20-29)37-41(40)30-10-5-8-27(35)19-30/h3,5-6,8-10,12-17,19-20,22,32,37H,4,7,11,18,21H2,1-2H3/t22-,32+,41?/m1/s1. The van der Waals surface area contributed by atoms with Gasteiger partial charge in [-0.05, 0) is 103 Å². The Morgan fingerprint density at radius 3 is 2.56 bits per heavy atom.